The molecule has 1 aliphatic rings. The molecular formula is C14H21N5O3S. The normalized spacial score (nSPS) is 17.6. The van der Waals surface area contributed by atoms with E-state index in [1.165, 1.54) is 10.6 Å². The van der Waals surface area contributed by atoms with Crippen molar-refractivity contribution in [2.24, 2.45) is 0 Å². The van der Waals surface area contributed by atoms with Gasteiger partial charge in [0, 0.05) is 51.2 Å². The van der Waals surface area contributed by atoms with E-state index >= 15 is 0 Å². The summed E-state index contributed by atoms with van der Waals surface area (Å²) < 4.78 is 33.1. The third kappa shape index (κ3) is 3.80. The molecule has 23 heavy (non-hydrogen) atoms. The van der Waals surface area contributed by atoms with E-state index in [2.05, 4.69) is 26.5 Å². The van der Waals surface area contributed by atoms with Crippen LogP contribution in [0.2, 0.25) is 0 Å². The number of piperazine rings is 1. The number of hydrogen-bond donors (Lipinski definition) is 0. The van der Waals surface area contributed by atoms with Gasteiger partial charge in [0.25, 0.3) is 0 Å². The first-order chi connectivity index (χ1) is 11.1. The molecule has 2 aromatic heterocycles. The topological polar surface area (TPSA) is 84.5 Å². The van der Waals surface area contributed by atoms with Crippen LogP contribution in [0.1, 0.15) is 18.4 Å². The maximum Gasteiger partial charge on any atom is 0.220 e. The molecule has 0 amide bonds. The molecule has 126 valence electrons. The van der Waals surface area contributed by atoms with Crippen molar-refractivity contribution in [2.45, 2.75) is 25.8 Å². The molecule has 0 spiro atoms. The maximum absolute atomic E-state index is 12.4. The van der Waals surface area contributed by atoms with Crippen molar-refractivity contribution in [2.75, 3.05) is 26.2 Å². The van der Waals surface area contributed by atoms with Gasteiger partial charge in [0.05, 0.1) is 12.2 Å². The van der Waals surface area contributed by atoms with Crippen molar-refractivity contribution in [3.05, 3.63) is 36.2 Å². The Morgan fingerprint density at radius 2 is 2.04 bits per heavy atom. The first-order valence-electron chi connectivity index (χ1n) is 7.68. The van der Waals surface area contributed by atoms with Gasteiger partial charge in [0.2, 0.25) is 10.0 Å². The number of rotatable bonds is 6. The molecule has 1 saturated heterocycles. The Morgan fingerprint density at radius 1 is 1.26 bits per heavy atom. The van der Waals surface area contributed by atoms with Crippen molar-refractivity contribution in [1.82, 2.24) is 23.9 Å². The van der Waals surface area contributed by atoms with Gasteiger partial charge in [-0.05, 0) is 6.92 Å². The van der Waals surface area contributed by atoms with Crippen LogP contribution in [-0.4, -0.2) is 58.5 Å². The fourth-order valence-corrected chi connectivity index (χ4v) is 4.16. The van der Waals surface area contributed by atoms with Crippen LogP contribution in [0.5, 0.6) is 0 Å². The summed E-state index contributed by atoms with van der Waals surface area (Å²) in [6, 6.07) is 1.58. The third-order valence-corrected chi connectivity index (χ3v) is 5.87. The lowest BCUT2D eigenvalue weighted by Crippen LogP contribution is -2.48. The largest absolute Gasteiger partial charge is 0.364 e. The molecule has 8 nitrogen and oxygen atoms in total. The molecule has 0 aromatic carbocycles. The zero-order chi connectivity index (χ0) is 16.3. The summed E-state index contributed by atoms with van der Waals surface area (Å²) in [6.45, 7) is 6.11. The minimum absolute atomic E-state index is 0.107. The van der Waals surface area contributed by atoms with E-state index in [0.29, 0.717) is 31.9 Å². The highest BCUT2D eigenvalue weighted by atomic mass is 32.2. The highest BCUT2D eigenvalue weighted by Crippen LogP contribution is 2.14. The zero-order valence-corrected chi connectivity index (χ0v) is 13.9. The third-order valence-electron chi connectivity index (χ3n) is 4.05. The quantitative estimate of drug-likeness (QED) is 0.764. The molecule has 0 N–H and O–H groups in total. The minimum atomic E-state index is -3.34. The van der Waals surface area contributed by atoms with Crippen molar-refractivity contribution in [1.29, 1.82) is 0 Å². The van der Waals surface area contributed by atoms with Crippen LogP contribution in [-0.2, 0) is 28.9 Å². The Kier molecular flexibility index (Phi) is 4.79. The summed E-state index contributed by atoms with van der Waals surface area (Å²) >= 11 is 0. The van der Waals surface area contributed by atoms with Crippen LogP contribution < -0.4 is 0 Å². The maximum atomic E-state index is 12.4. The molecule has 2 aromatic rings. The first-order valence-corrected chi connectivity index (χ1v) is 9.29. The van der Waals surface area contributed by atoms with Gasteiger partial charge >= 0.3 is 0 Å². The lowest BCUT2D eigenvalue weighted by Gasteiger charge is -2.33. The molecule has 0 aliphatic carbocycles. The van der Waals surface area contributed by atoms with Crippen LogP contribution in [0.3, 0.4) is 0 Å². The number of nitrogens with zero attached hydrogens (tertiary/aromatic N) is 5. The Labute approximate surface area is 135 Å². The smallest absolute Gasteiger partial charge is 0.220 e. The summed E-state index contributed by atoms with van der Waals surface area (Å²) in [5.74, 6) is 0.912. The molecule has 1 fully saturated rings. The summed E-state index contributed by atoms with van der Waals surface area (Å²) in [5, 5.41) is 3.68. The first kappa shape index (κ1) is 16.2. The molecule has 0 unspecified atom stereocenters. The van der Waals surface area contributed by atoms with Crippen molar-refractivity contribution in [3.63, 3.8) is 0 Å². The van der Waals surface area contributed by atoms with E-state index in [1.54, 1.807) is 12.3 Å². The Bertz CT molecular complexity index is 717. The van der Waals surface area contributed by atoms with Gasteiger partial charge in [-0.1, -0.05) is 5.16 Å². The van der Waals surface area contributed by atoms with E-state index in [4.69, 9.17) is 4.52 Å². The molecule has 3 rings (SSSR count). The lowest BCUT2D eigenvalue weighted by atomic mass is 10.3. The molecule has 3 heterocycles. The van der Waals surface area contributed by atoms with Crippen LogP contribution in [0.15, 0.2) is 29.2 Å². The van der Waals surface area contributed by atoms with Crippen LogP contribution in [0.25, 0.3) is 0 Å². The SMILES string of the molecule is CCn1ccnc1CN1CCN(S(=O)(=O)Cc2ccon2)CC1. The summed E-state index contributed by atoms with van der Waals surface area (Å²) in [7, 11) is -3.34. The average Bonchev–Trinajstić information content (AvgIpc) is 3.19. The minimum Gasteiger partial charge on any atom is -0.364 e. The standard InChI is InChI=1S/C14H21N5O3S/c1-2-18-5-4-15-14(18)11-17-6-8-19(9-7-17)23(20,21)12-13-3-10-22-16-13/h3-5,10H,2,6-9,11-12H2,1H3. The second-order valence-corrected chi connectivity index (χ2v) is 7.52. The van der Waals surface area contributed by atoms with Gasteiger partial charge in [0.1, 0.15) is 17.8 Å². The van der Waals surface area contributed by atoms with Gasteiger partial charge in [-0.15, -0.1) is 0 Å². The number of aryl methyl sites for hydroxylation is 1. The van der Waals surface area contributed by atoms with E-state index in [0.717, 1.165) is 18.9 Å². The molecule has 1 aliphatic heterocycles. The predicted octanol–water partition coefficient (Wildman–Crippen LogP) is 0.539. The summed E-state index contributed by atoms with van der Waals surface area (Å²) in [5.41, 5.74) is 0.442. The van der Waals surface area contributed by atoms with E-state index < -0.39 is 10.0 Å². The fraction of sp³-hybridized carbons (Fsp3) is 0.571. The monoisotopic (exact) mass is 339 g/mol. The van der Waals surface area contributed by atoms with Gasteiger partial charge in [-0.25, -0.2) is 13.4 Å². The highest BCUT2D eigenvalue weighted by Gasteiger charge is 2.28. The van der Waals surface area contributed by atoms with E-state index in [-0.39, 0.29) is 5.75 Å². The van der Waals surface area contributed by atoms with Gasteiger partial charge in [0.15, 0.2) is 0 Å². The molecule has 0 radical (unpaired) electrons. The van der Waals surface area contributed by atoms with Crippen molar-refractivity contribution in [3.8, 4) is 0 Å². The van der Waals surface area contributed by atoms with Crippen molar-refractivity contribution >= 4 is 10.0 Å². The number of imidazole rings is 1. The molecule has 0 saturated carbocycles. The molecule has 0 bridgehead atoms. The Balaban J connectivity index is 1.56. The van der Waals surface area contributed by atoms with Gasteiger partial charge in [-0.3, -0.25) is 4.90 Å². The average molecular weight is 339 g/mol. The molecular weight excluding hydrogens is 318 g/mol. The number of sulfonamides is 1. The second kappa shape index (κ2) is 6.81. The second-order valence-electron chi connectivity index (χ2n) is 5.55. The van der Waals surface area contributed by atoms with E-state index in [9.17, 15) is 8.42 Å². The summed E-state index contributed by atoms with van der Waals surface area (Å²) in [6.07, 6.45) is 5.16. The fourth-order valence-electron chi connectivity index (χ4n) is 2.74. The molecule has 0 atom stereocenters. The van der Waals surface area contributed by atoms with Gasteiger partial charge < -0.3 is 9.09 Å². The highest BCUT2D eigenvalue weighted by molar-refractivity contribution is 7.88. The predicted molar refractivity (Wildman–Crippen MR) is 83.9 cm³/mol. The molecule has 9 heteroatoms. The summed E-state index contributed by atoms with van der Waals surface area (Å²) in [4.78, 5) is 6.60. The number of hydrogen-bond acceptors (Lipinski definition) is 6. The van der Waals surface area contributed by atoms with Gasteiger partial charge in [-0.2, -0.15) is 4.31 Å². The Morgan fingerprint density at radius 3 is 2.70 bits per heavy atom. The zero-order valence-electron chi connectivity index (χ0n) is 13.1. The van der Waals surface area contributed by atoms with Crippen LogP contribution in [0, 0.1) is 0 Å². The Hall–Kier alpha value is -1.71. The van der Waals surface area contributed by atoms with Crippen LogP contribution >= 0.6 is 0 Å². The lowest BCUT2D eigenvalue weighted by molar-refractivity contribution is 0.176. The van der Waals surface area contributed by atoms with Crippen molar-refractivity contribution < 1.29 is 12.9 Å². The number of aromatic nitrogens is 3. The van der Waals surface area contributed by atoms with Crippen LogP contribution in [0.4, 0.5) is 0 Å². The van der Waals surface area contributed by atoms with E-state index in [1.807, 2.05) is 6.20 Å².